The zero-order valence-electron chi connectivity index (χ0n) is 8.85. The molecule has 1 rings (SSSR count). The van der Waals surface area contributed by atoms with Crippen molar-refractivity contribution in [1.29, 1.82) is 0 Å². The molecule has 1 fully saturated rings. The molecule has 1 atom stereocenters. The summed E-state index contributed by atoms with van der Waals surface area (Å²) in [6, 6.07) is 0.412. The smallest absolute Gasteiger partial charge is 0.264 e. The lowest BCUT2D eigenvalue weighted by Gasteiger charge is -2.26. The Morgan fingerprint density at radius 3 is 2.47 bits per heavy atom. The first-order valence-corrected chi connectivity index (χ1v) is 7.05. The SMILES string of the molecule is NC(CCS(=O)(=O)O)NC1CCCCC1. The Labute approximate surface area is 91.2 Å². The van der Waals surface area contributed by atoms with E-state index >= 15 is 0 Å². The quantitative estimate of drug-likeness (QED) is 0.477. The highest BCUT2D eigenvalue weighted by Gasteiger charge is 2.16. The second-order valence-electron chi connectivity index (χ2n) is 4.18. The molecule has 0 amide bonds. The molecule has 0 spiro atoms. The third kappa shape index (κ3) is 6.09. The van der Waals surface area contributed by atoms with Gasteiger partial charge in [0.25, 0.3) is 10.1 Å². The fourth-order valence-electron chi connectivity index (χ4n) is 1.93. The van der Waals surface area contributed by atoms with Gasteiger partial charge in [-0.1, -0.05) is 19.3 Å². The van der Waals surface area contributed by atoms with Gasteiger partial charge < -0.3 is 5.73 Å². The predicted octanol–water partition coefficient (Wildman–Crippen LogP) is 0.471. The van der Waals surface area contributed by atoms with Crippen LogP contribution in [0.2, 0.25) is 0 Å². The van der Waals surface area contributed by atoms with E-state index in [-0.39, 0.29) is 18.3 Å². The molecule has 5 nitrogen and oxygen atoms in total. The molecule has 6 heteroatoms. The highest BCUT2D eigenvalue weighted by molar-refractivity contribution is 7.85. The molecule has 0 aromatic carbocycles. The second-order valence-corrected chi connectivity index (χ2v) is 5.75. The van der Waals surface area contributed by atoms with Gasteiger partial charge in [0.15, 0.2) is 0 Å². The van der Waals surface area contributed by atoms with E-state index in [9.17, 15) is 8.42 Å². The van der Waals surface area contributed by atoms with E-state index in [4.69, 9.17) is 10.3 Å². The highest BCUT2D eigenvalue weighted by atomic mass is 32.2. The van der Waals surface area contributed by atoms with Crippen LogP contribution in [0.5, 0.6) is 0 Å². The van der Waals surface area contributed by atoms with Gasteiger partial charge >= 0.3 is 0 Å². The molecule has 0 aromatic rings. The van der Waals surface area contributed by atoms with Crippen molar-refractivity contribution < 1.29 is 13.0 Å². The van der Waals surface area contributed by atoms with Crippen molar-refractivity contribution in [3.63, 3.8) is 0 Å². The molecule has 1 saturated carbocycles. The summed E-state index contributed by atoms with van der Waals surface area (Å²) in [6.07, 6.45) is 5.84. The van der Waals surface area contributed by atoms with E-state index in [0.717, 1.165) is 12.8 Å². The van der Waals surface area contributed by atoms with E-state index in [1.807, 2.05) is 0 Å². The number of rotatable bonds is 5. The monoisotopic (exact) mass is 236 g/mol. The molecule has 0 aliphatic heterocycles. The zero-order valence-corrected chi connectivity index (χ0v) is 9.67. The predicted molar refractivity (Wildman–Crippen MR) is 59.0 cm³/mol. The van der Waals surface area contributed by atoms with Crippen LogP contribution >= 0.6 is 0 Å². The Hall–Kier alpha value is -0.170. The Bertz CT molecular complexity index is 273. The number of nitrogens with one attached hydrogen (secondary N) is 1. The van der Waals surface area contributed by atoms with E-state index < -0.39 is 10.1 Å². The van der Waals surface area contributed by atoms with E-state index in [2.05, 4.69) is 5.32 Å². The third-order valence-corrected chi connectivity index (χ3v) is 3.49. The molecule has 0 radical (unpaired) electrons. The normalized spacial score (nSPS) is 21.5. The van der Waals surface area contributed by atoms with Gasteiger partial charge in [-0.15, -0.1) is 0 Å². The van der Waals surface area contributed by atoms with Gasteiger partial charge in [-0.2, -0.15) is 8.42 Å². The molecule has 1 unspecified atom stereocenters. The molecule has 1 aliphatic rings. The van der Waals surface area contributed by atoms with Gasteiger partial charge in [0.05, 0.1) is 11.9 Å². The molecule has 1 aliphatic carbocycles. The topological polar surface area (TPSA) is 92.4 Å². The lowest BCUT2D eigenvalue weighted by Crippen LogP contribution is -2.45. The van der Waals surface area contributed by atoms with Crippen molar-refractivity contribution in [3.05, 3.63) is 0 Å². The van der Waals surface area contributed by atoms with E-state index in [1.54, 1.807) is 0 Å². The van der Waals surface area contributed by atoms with Gasteiger partial charge in [0.1, 0.15) is 0 Å². The first-order chi connectivity index (χ1) is 6.97. The summed E-state index contributed by atoms with van der Waals surface area (Å²) < 4.78 is 29.6. The van der Waals surface area contributed by atoms with Crippen LogP contribution < -0.4 is 11.1 Å². The average Bonchev–Trinajstić information content (AvgIpc) is 2.15. The largest absolute Gasteiger partial charge is 0.316 e. The third-order valence-electron chi connectivity index (χ3n) is 2.74. The maximum absolute atomic E-state index is 10.5. The van der Waals surface area contributed by atoms with Crippen LogP contribution in [0, 0.1) is 0 Å². The molecule has 0 aromatic heterocycles. The molecule has 0 saturated heterocycles. The van der Waals surface area contributed by atoms with Gasteiger partial charge in [0.2, 0.25) is 0 Å². The van der Waals surface area contributed by atoms with Crippen LogP contribution in [0.4, 0.5) is 0 Å². The van der Waals surface area contributed by atoms with Gasteiger partial charge in [-0.25, -0.2) is 0 Å². The van der Waals surface area contributed by atoms with E-state index in [1.165, 1.54) is 19.3 Å². The number of nitrogens with two attached hydrogens (primary N) is 1. The molecule has 0 heterocycles. The summed E-state index contributed by atoms with van der Waals surface area (Å²) in [6.45, 7) is 0. The summed E-state index contributed by atoms with van der Waals surface area (Å²) in [4.78, 5) is 0. The zero-order chi connectivity index (χ0) is 11.3. The van der Waals surface area contributed by atoms with Crippen LogP contribution in [-0.4, -0.2) is 30.9 Å². The second kappa shape index (κ2) is 5.79. The van der Waals surface area contributed by atoms with Crippen molar-refractivity contribution in [2.45, 2.75) is 50.7 Å². The van der Waals surface area contributed by atoms with Gasteiger partial charge in [0, 0.05) is 6.04 Å². The Kier molecular flexibility index (Phi) is 4.98. The number of hydrogen-bond donors (Lipinski definition) is 3. The standard InChI is InChI=1S/C9H20N2O3S/c10-9(6-7-15(12,13)14)11-8-4-2-1-3-5-8/h8-9,11H,1-7,10H2,(H,12,13,14). The molecule has 90 valence electrons. The van der Waals surface area contributed by atoms with E-state index in [0.29, 0.717) is 6.04 Å². The summed E-state index contributed by atoms with van der Waals surface area (Å²) in [7, 11) is -3.88. The average molecular weight is 236 g/mol. The highest BCUT2D eigenvalue weighted by Crippen LogP contribution is 2.17. The molecule has 4 N–H and O–H groups in total. The summed E-state index contributed by atoms with van der Waals surface area (Å²) in [5.74, 6) is -0.270. The Morgan fingerprint density at radius 1 is 1.33 bits per heavy atom. The van der Waals surface area contributed by atoms with Crippen LogP contribution in [0.25, 0.3) is 0 Å². The molecular weight excluding hydrogens is 216 g/mol. The van der Waals surface area contributed by atoms with Gasteiger partial charge in [-0.05, 0) is 19.3 Å². The summed E-state index contributed by atoms with van der Waals surface area (Å²) in [5.41, 5.74) is 5.73. The summed E-state index contributed by atoms with van der Waals surface area (Å²) >= 11 is 0. The molecule has 0 bridgehead atoms. The van der Waals surface area contributed by atoms with Crippen LogP contribution in [0.15, 0.2) is 0 Å². The molecular formula is C9H20N2O3S. The Morgan fingerprint density at radius 2 is 1.93 bits per heavy atom. The van der Waals surface area contributed by atoms with Gasteiger partial charge in [-0.3, -0.25) is 9.87 Å². The lowest BCUT2D eigenvalue weighted by molar-refractivity contribution is 0.333. The lowest BCUT2D eigenvalue weighted by atomic mass is 9.95. The van der Waals surface area contributed by atoms with Crippen molar-refractivity contribution in [2.24, 2.45) is 5.73 Å². The minimum absolute atomic E-state index is 0.259. The summed E-state index contributed by atoms with van der Waals surface area (Å²) in [5, 5.41) is 3.19. The molecule has 15 heavy (non-hydrogen) atoms. The first kappa shape index (κ1) is 12.9. The number of hydrogen-bond acceptors (Lipinski definition) is 4. The maximum atomic E-state index is 10.5. The van der Waals surface area contributed by atoms with Crippen LogP contribution in [0.3, 0.4) is 0 Å². The fraction of sp³-hybridized carbons (Fsp3) is 1.00. The van der Waals surface area contributed by atoms with Crippen molar-refractivity contribution in [2.75, 3.05) is 5.75 Å². The van der Waals surface area contributed by atoms with Crippen LogP contribution in [-0.2, 0) is 10.1 Å². The first-order valence-electron chi connectivity index (χ1n) is 5.44. The van der Waals surface area contributed by atoms with Crippen molar-refractivity contribution in [1.82, 2.24) is 5.32 Å². The van der Waals surface area contributed by atoms with Crippen LogP contribution in [0.1, 0.15) is 38.5 Å². The van der Waals surface area contributed by atoms with Crippen molar-refractivity contribution in [3.8, 4) is 0 Å². The minimum Gasteiger partial charge on any atom is -0.316 e. The Balaban J connectivity index is 2.20. The van der Waals surface area contributed by atoms with Crippen molar-refractivity contribution >= 4 is 10.1 Å². The maximum Gasteiger partial charge on any atom is 0.264 e. The minimum atomic E-state index is -3.88. The fourth-order valence-corrected chi connectivity index (χ4v) is 2.48.